The maximum atomic E-state index is 12.7. The third-order valence-electron chi connectivity index (χ3n) is 6.21. The van der Waals surface area contributed by atoms with Crippen molar-refractivity contribution in [2.24, 2.45) is 0 Å². The van der Waals surface area contributed by atoms with Gasteiger partial charge in [0.2, 0.25) is 5.91 Å². The Morgan fingerprint density at radius 1 is 1.06 bits per heavy atom. The number of anilines is 1. The van der Waals surface area contributed by atoms with Gasteiger partial charge < -0.3 is 10.1 Å². The summed E-state index contributed by atoms with van der Waals surface area (Å²) in [5.74, 6) is 0.755. The van der Waals surface area contributed by atoms with E-state index in [1.165, 1.54) is 22.9 Å². The largest absolute Gasteiger partial charge is 0.495 e. The number of thioether (sulfide) groups is 1. The van der Waals surface area contributed by atoms with Gasteiger partial charge in [0.05, 0.1) is 34.5 Å². The monoisotopic (exact) mass is 498 g/mol. The summed E-state index contributed by atoms with van der Waals surface area (Å²) in [6.07, 6.45) is 4.80. The highest BCUT2D eigenvalue weighted by molar-refractivity contribution is 8.00. The second-order valence-electron chi connectivity index (χ2n) is 8.31. The molecule has 8 heteroatoms. The smallest absolute Gasteiger partial charge is 0.234 e. The number of nitrogens with one attached hydrogen (secondary N) is 1. The molecule has 0 atom stereocenters. The van der Waals surface area contributed by atoms with Gasteiger partial charge in [-0.25, -0.2) is 15.0 Å². The number of fused-ring (bicyclic) bond motifs is 5. The van der Waals surface area contributed by atoms with Crippen LogP contribution in [0.4, 0.5) is 5.69 Å². The summed E-state index contributed by atoms with van der Waals surface area (Å²) in [6.45, 7) is 0. The Labute approximate surface area is 210 Å². The highest BCUT2D eigenvalue weighted by Gasteiger charge is 2.25. The number of methoxy groups -OCH3 is 1. The summed E-state index contributed by atoms with van der Waals surface area (Å²) in [5, 5.41) is 4.89. The SMILES string of the molecule is COc1ccccc1NC(=O)CSc1ncnc2c1sc1nc(-c3ccccc3)c3c(c12)CCC3. The lowest BCUT2D eigenvalue weighted by molar-refractivity contribution is -0.113. The maximum absolute atomic E-state index is 12.7. The molecule has 3 aromatic heterocycles. The van der Waals surface area contributed by atoms with Gasteiger partial charge in [0.25, 0.3) is 0 Å². The van der Waals surface area contributed by atoms with Gasteiger partial charge in [-0.2, -0.15) is 0 Å². The Balaban J connectivity index is 1.35. The highest BCUT2D eigenvalue weighted by atomic mass is 32.2. The molecule has 0 spiro atoms. The van der Waals surface area contributed by atoms with Gasteiger partial charge >= 0.3 is 0 Å². The number of hydrogen-bond donors (Lipinski definition) is 1. The van der Waals surface area contributed by atoms with Crippen molar-refractivity contribution in [3.8, 4) is 17.0 Å². The van der Waals surface area contributed by atoms with Crippen molar-refractivity contribution in [2.75, 3.05) is 18.2 Å². The van der Waals surface area contributed by atoms with Crippen LogP contribution in [-0.2, 0) is 17.6 Å². The first-order valence-electron chi connectivity index (χ1n) is 11.4. The number of amides is 1. The van der Waals surface area contributed by atoms with E-state index in [9.17, 15) is 4.79 Å². The zero-order valence-corrected chi connectivity index (χ0v) is 20.7. The Morgan fingerprint density at radius 3 is 2.71 bits per heavy atom. The number of hydrogen-bond acceptors (Lipinski definition) is 7. The molecule has 0 aliphatic heterocycles. The number of carbonyl (C=O) groups excluding carboxylic acids is 1. The van der Waals surface area contributed by atoms with E-state index in [4.69, 9.17) is 9.72 Å². The average molecular weight is 499 g/mol. The fraction of sp³-hybridized carbons (Fsp3) is 0.185. The normalized spacial score (nSPS) is 12.7. The van der Waals surface area contributed by atoms with Crippen molar-refractivity contribution in [1.29, 1.82) is 0 Å². The molecule has 5 aromatic rings. The van der Waals surface area contributed by atoms with E-state index in [-0.39, 0.29) is 11.7 Å². The standard InChI is InChI=1S/C27H22N4O2S2/c1-33-20-13-6-5-12-19(20)30-21(32)14-34-27-25-24(28-15-29-27)22-17-10-7-11-18(17)23(31-26(22)35-25)16-8-3-2-4-9-16/h2-6,8-9,12-13,15H,7,10-11,14H2,1H3,(H,30,32). The van der Waals surface area contributed by atoms with Gasteiger partial charge in [-0.3, -0.25) is 4.79 Å². The third-order valence-corrected chi connectivity index (χ3v) is 8.41. The topological polar surface area (TPSA) is 77.0 Å². The molecule has 1 aliphatic carbocycles. The minimum Gasteiger partial charge on any atom is -0.495 e. The van der Waals surface area contributed by atoms with E-state index in [1.54, 1.807) is 24.8 Å². The minimum atomic E-state index is -0.113. The first kappa shape index (κ1) is 22.0. The van der Waals surface area contributed by atoms with E-state index in [2.05, 4.69) is 39.6 Å². The molecule has 3 heterocycles. The van der Waals surface area contributed by atoms with Crippen molar-refractivity contribution in [2.45, 2.75) is 24.3 Å². The van der Waals surface area contributed by atoms with Crippen molar-refractivity contribution in [3.05, 3.63) is 72.1 Å². The molecule has 1 aliphatic rings. The van der Waals surface area contributed by atoms with Crippen LogP contribution in [0.1, 0.15) is 17.5 Å². The fourth-order valence-corrected chi connectivity index (χ4v) is 6.72. The molecule has 0 radical (unpaired) electrons. The lowest BCUT2D eigenvalue weighted by Crippen LogP contribution is -2.14. The second kappa shape index (κ2) is 9.28. The molecule has 174 valence electrons. The van der Waals surface area contributed by atoms with Crippen molar-refractivity contribution in [1.82, 2.24) is 15.0 Å². The van der Waals surface area contributed by atoms with Crippen LogP contribution in [0, 0.1) is 0 Å². The van der Waals surface area contributed by atoms with Crippen molar-refractivity contribution < 1.29 is 9.53 Å². The zero-order chi connectivity index (χ0) is 23.8. The summed E-state index contributed by atoms with van der Waals surface area (Å²) < 4.78 is 6.32. The molecule has 35 heavy (non-hydrogen) atoms. The molecule has 2 aromatic carbocycles. The first-order chi connectivity index (χ1) is 17.2. The summed E-state index contributed by atoms with van der Waals surface area (Å²) in [5.41, 5.74) is 6.53. The molecule has 0 unspecified atom stereocenters. The number of nitrogens with zero attached hydrogens (tertiary/aromatic N) is 3. The van der Waals surface area contributed by atoms with Gasteiger partial charge in [-0.15, -0.1) is 11.3 Å². The zero-order valence-electron chi connectivity index (χ0n) is 19.1. The predicted molar refractivity (Wildman–Crippen MR) is 143 cm³/mol. The van der Waals surface area contributed by atoms with Crippen LogP contribution in [0.5, 0.6) is 5.75 Å². The van der Waals surface area contributed by atoms with Crippen LogP contribution < -0.4 is 10.1 Å². The molecular formula is C27H22N4O2S2. The van der Waals surface area contributed by atoms with Crippen LogP contribution in [0.3, 0.4) is 0 Å². The number of aromatic nitrogens is 3. The van der Waals surface area contributed by atoms with E-state index in [1.807, 2.05) is 30.3 Å². The maximum Gasteiger partial charge on any atom is 0.234 e. The van der Waals surface area contributed by atoms with Gasteiger partial charge in [0, 0.05) is 10.9 Å². The minimum absolute atomic E-state index is 0.113. The molecule has 6 nitrogen and oxygen atoms in total. The number of carbonyl (C=O) groups is 1. The second-order valence-corrected chi connectivity index (χ2v) is 10.3. The van der Waals surface area contributed by atoms with Crippen LogP contribution in [0.25, 0.3) is 31.7 Å². The summed E-state index contributed by atoms with van der Waals surface area (Å²) in [7, 11) is 1.59. The summed E-state index contributed by atoms with van der Waals surface area (Å²) >= 11 is 3.03. The Hall–Kier alpha value is -3.49. The molecule has 6 rings (SSSR count). The molecule has 0 saturated carbocycles. The van der Waals surface area contributed by atoms with E-state index >= 15 is 0 Å². The Kier molecular flexibility index (Phi) is 5.83. The van der Waals surface area contributed by atoms with Crippen molar-refractivity contribution >= 4 is 55.1 Å². The quantitative estimate of drug-likeness (QED) is 0.224. The molecular weight excluding hydrogens is 476 g/mol. The van der Waals surface area contributed by atoms with Gasteiger partial charge in [-0.1, -0.05) is 54.2 Å². The van der Waals surface area contributed by atoms with Gasteiger partial charge in [0.1, 0.15) is 21.9 Å². The molecule has 0 bridgehead atoms. The Bertz CT molecular complexity index is 1570. The number of rotatable bonds is 6. The summed E-state index contributed by atoms with van der Waals surface area (Å²) in [6, 6.07) is 17.8. The lowest BCUT2D eigenvalue weighted by Gasteiger charge is -2.09. The number of thiophene rings is 1. The predicted octanol–water partition coefficient (Wildman–Crippen LogP) is 6.13. The van der Waals surface area contributed by atoms with Crippen LogP contribution in [-0.4, -0.2) is 33.7 Å². The summed E-state index contributed by atoms with van der Waals surface area (Å²) in [4.78, 5) is 28.0. The Morgan fingerprint density at radius 2 is 1.86 bits per heavy atom. The van der Waals surface area contributed by atoms with Crippen LogP contribution in [0.2, 0.25) is 0 Å². The number of ether oxygens (including phenoxy) is 1. The molecule has 1 N–H and O–H groups in total. The highest BCUT2D eigenvalue weighted by Crippen LogP contribution is 2.43. The third kappa shape index (κ3) is 4.02. The van der Waals surface area contributed by atoms with Gasteiger partial charge in [0.15, 0.2) is 0 Å². The first-order valence-corrected chi connectivity index (χ1v) is 13.2. The van der Waals surface area contributed by atoms with E-state index in [0.717, 1.165) is 56.0 Å². The van der Waals surface area contributed by atoms with Crippen LogP contribution >= 0.6 is 23.1 Å². The van der Waals surface area contributed by atoms with E-state index in [0.29, 0.717) is 11.4 Å². The number of aryl methyl sites for hydroxylation is 1. The van der Waals surface area contributed by atoms with Crippen molar-refractivity contribution in [3.63, 3.8) is 0 Å². The molecule has 0 saturated heterocycles. The lowest BCUT2D eigenvalue weighted by atomic mass is 10.0. The fourth-order valence-electron chi connectivity index (χ4n) is 4.68. The van der Waals surface area contributed by atoms with Gasteiger partial charge in [-0.05, 0) is 42.5 Å². The molecule has 1 amide bonds. The molecule has 0 fully saturated rings. The number of para-hydroxylation sites is 2. The average Bonchev–Trinajstić information content (AvgIpc) is 3.52. The van der Waals surface area contributed by atoms with Crippen LogP contribution in [0.15, 0.2) is 66.0 Å². The number of pyridine rings is 1. The van der Waals surface area contributed by atoms with E-state index < -0.39 is 0 Å². The number of benzene rings is 2.